The predicted molar refractivity (Wildman–Crippen MR) is 80.9 cm³/mol. The maximum absolute atomic E-state index is 10.9. The molecule has 1 aromatic carbocycles. The molecule has 0 aliphatic heterocycles. The molecule has 4 nitrogen and oxygen atoms in total. The molecule has 0 spiro atoms. The van der Waals surface area contributed by atoms with Gasteiger partial charge in [-0.15, -0.1) is 0 Å². The van der Waals surface area contributed by atoms with Crippen LogP contribution in [0.15, 0.2) is 12.1 Å². The van der Waals surface area contributed by atoms with Gasteiger partial charge in [0.05, 0.1) is 4.92 Å². The van der Waals surface area contributed by atoms with E-state index in [0.29, 0.717) is 5.75 Å². The molecule has 1 aromatic rings. The summed E-state index contributed by atoms with van der Waals surface area (Å²) in [5.41, 5.74) is -0.306. The fourth-order valence-electron chi connectivity index (χ4n) is 1.20. The van der Waals surface area contributed by atoms with Crippen LogP contribution in [-0.4, -0.2) is 13.2 Å². The smallest absolute Gasteiger partial charge is 0.310 e. The van der Waals surface area contributed by atoms with Gasteiger partial charge in [0.15, 0.2) is 5.02 Å². The van der Waals surface area contributed by atoms with E-state index in [1.807, 2.05) is 13.1 Å². The predicted octanol–water partition coefficient (Wildman–Crippen LogP) is 5.29. The van der Waals surface area contributed by atoms with Gasteiger partial charge in [-0.2, -0.15) is 0 Å². The molecular formula is C12H17Cl2NO3Si. The molecule has 0 bridgehead atoms. The molecule has 19 heavy (non-hydrogen) atoms. The number of nitro benzene ring substituents is 1. The Bertz CT molecular complexity index is 512. The number of halogens is 2. The molecule has 0 atom stereocenters. The zero-order valence-corrected chi connectivity index (χ0v) is 14.1. The molecule has 0 aliphatic rings. The van der Waals surface area contributed by atoms with Crippen molar-refractivity contribution in [1.82, 2.24) is 0 Å². The zero-order valence-electron chi connectivity index (χ0n) is 11.6. The molecule has 0 heterocycles. The lowest BCUT2D eigenvalue weighted by molar-refractivity contribution is -0.384. The third-order valence-corrected chi connectivity index (χ3v) is 8.40. The van der Waals surface area contributed by atoms with Gasteiger partial charge in [-0.3, -0.25) is 10.1 Å². The summed E-state index contributed by atoms with van der Waals surface area (Å²) in [6, 6.07) is 3.02. The van der Waals surface area contributed by atoms with Crippen LogP contribution in [0.1, 0.15) is 20.8 Å². The lowest BCUT2D eigenvalue weighted by atomic mass is 10.2. The maximum atomic E-state index is 10.9. The summed E-state index contributed by atoms with van der Waals surface area (Å²) in [7, 11) is -2.10. The number of rotatable bonds is 3. The largest absolute Gasteiger partial charge is 0.542 e. The lowest BCUT2D eigenvalue weighted by Crippen LogP contribution is -2.43. The highest BCUT2D eigenvalue weighted by Gasteiger charge is 2.40. The minimum absolute atomic E-state index is 0.0116. The van der Waals surface area contributed by atoms with Gasteiger partial charge in [-0.25, -0.2) is 0 Å². The molecule has 0 N–H and O–H groups in total. The van der Waals surface area contributed by atoms with E-state index >= 15 is 0 Å². The van der Waals surface area contributed by atoms with Gasteiger partial charge in [0.1, 0.15) is 10.8 Å². The second-order valence-electron chi connectivity index (χ2n) is 5.83. The minimum Gasteiger partial charge on any atom is -0.542 e. The summed E-state index contributed by atoms with van der Waals surface area (Å²) < 4.78 is 5.99. The van der Waals surface area contributed by atoms with Crippen molar-refractivity contribution >= 4 is 37.2 Å². The Morgan fingerprint density at radius 3 is 2.21 bits per heavy atom. The van der Waals surface area contributed by atoms with Crippen LogP contribution in [0.3, 0.4) is 0 Å². The van der Waals surface area contributed by atoms with E-state index in [1.165, 1.54) is 6.07 Å². The summed E-state index contributed by atoms with van der Waals surface area (Å²) in [4.78, 5) is 10.4. The van der Waals surface area contributed by atoms with E-state index in [1.54, 1.807) is 6.07 Å². The van der Waals surface area contributed by atoms with Crippen LogP contribution in [0, 0.1) is 10.1 Å². The monoisotopic (exact) mass is 321 g/mol. The van der Waals surface area contributed by atoms with Crippen molar-refractivity contribution < 1.29 is 9.35 Å². The van der Waals surface area contributed by atoms with Crippen molar-refractivity contribution in [2.24, 2.45) is 0 Å². The van der Waals surface area contributed by atoms with Crippen LogP contribution in [0.25, 0.3) is 0 Å². The van der Waals surface area contributed by atoms with Gasteiger partial charge in [0.2, 0.25) is 0 Å². The van der Waals surface area contributed by atoms with E-state index in [2.05, 4.69) is 20.8 Å². The second kappa shape index (κ2) is 5.30. The van der Waals surface area contributed by atoms with E-state index in [-0.39, 0.29) is 20.8 Å². The van der Waals surface area contributed by atoms with Gasteiger partial charge < -0.3 is 4.43 Å². The molecule has 0 fully saturated rings. The Balaban J connectivity index is 3.25. The van der Waals surface area contributed by atoms with Gasteiger partial charge in [-0.05, 0) is 30.3 Å². The molecule has 7 heteroatoms. The Morgan fingerprint density at radius 2 is 1.79 bits per heavy atom. The van der Waals surface area contributed by atoms with E-state index < -0.39 is 13.2 Å². The summed E-state index contributed by atoms with van der Waals surface area (Å²) in [5.74, 6) is 0.323. The fraction of sp³-hybridized carbons (Fsp3) is 0.500. The summed E-state index contributed by atoms with van der Waals surface area (Å²) in [5, 5.41) is 10.9. The number of hydrogen-bond acceptors (Lipinski definition) is 3. The Morgan fingerprint density at radius 1 is 1.26 bits per heavy atom. The number of benzene rings is 1. The van der Waals surface area contributed by atoms with Crippen molar-refractivity contribution in [1.29, 1.82) is 0 Å². The van der Waals surface area contributed by atoms with E-state index in [4.69, 9.17) is 27.6 Å². The molecule has 1 rings (SSSR count). The summed E-state index contributed by atoms with van der Waals surface area (Å²) in [6.07, 6.45) is 0. The number of hydrogen-bond donors (Lipinski definition) is 0. The van der Waals surface area contributed by atoms with Crippen LogP contribution in [-0.2, 0) is 0 Å². The second-order valence-corrected chi connectivity index (χ2v) is 11.3. The van der Waals surface area contributed by atoms with Crippen molar-refractivity contribution in [2.45, 2.75) is 38.9 Å². The number of nitro groups is 1. The summed E-state index contributed by atoms with van der Waals surface area (Å²) in [6.45, 7) is 10.3. The first-order chi connectivity index (χ1) is 8.47. The SMILES string of the molecule is CC(C)(C)[Si](C)(C)Oc1ccc(Cl)c([N+](=O)[O-])c1Cl. The van der Waals surface area contributed by atoms with Gasteiger partial charge in [-0.1, -0.05) is 44.0 Å². The minimum atomic E-state index is -2.10. The van der Waals surface area contributed by atoms with Crippen LogP contribution >= 0.6 is 23.2 Å². The molecule has 0 saturated heterocycles. The lowest BCUT2D eigenvalue weighted by Gasteiger charge is -2.36. The highest BCUT2D eigenvalue weighted by Crippen LogP contribution is 2.43. The third kappa shape index (κ3) is 3.41. The Hall–Kier alpha value is -0.783. The van der Waals surface area contributed by atoms with Crippen molar-refractivity contribution in [3.8, 4) is 5.75 Å². The van der Waals surface area contributed by atoms with E-state index in [9.17, 15) is 10.1 Å². The van der Waals surface area contributed by atoms with Crippen molar-refractivity contribution in [2.75, 3.05) is 0 Å². The standard InChI is InChI=1S/C12H17Cl2NO3Si/c1-12(2,3)19(4,5)18-9-7-6-8(13)11(10(9)14)15(16)17/h6-7H,1-5H3. The molecule has 0 aliphatic carbocycles. The average molecular weight is 322 g/mol. The molecular weight excluding hydrogens is 305 g/mol. The molecule has 0 radical (unpaired) electrons. The highest BCUT2D eigenvalue weighted by atomic mass is 35.5. The van der Waals surface area contributed by atoms with Gasteiger partial charge >= 0.3 is 5.69 Å². The fourth-order valence-corrected chi connectivity index (χ4v) is 2.83. The zero-order chi connectivity index (χ0) is 15.0. The third-order valence-electron chi connectivity index (χ3n) is 3.39. The molecule has 0 saturated carbocycles. The van der Waals surface area contributed by atoms with Crippen molar-refractivity contribution in [3.63, 3.8) is 0 Å². The number of nitrogens with zero attached hydrogens (tertiary/aromatic N) is 1. The van der Waals surface area contributed by atoms with Crippen LogP contribution in [0.4, 0.5) is 5.69 Å². The Labute approximate surface area is 123 Å². The average Bonchev–Trinajstić information content (AvgIpc) is 2.20. The highest BCUT2D eigenvalue weighted by molar-refractivity contribution is 6.74. The van der Waals surface area contributed by atoms with E-state index in [0.717, 1.165) is 0 Å². The van der Waals surface area contributed by atoms with Gasteiger partial charge in [0.25, 0.3) is 8.32 Å². The quantitative estimate of drug-likeness (QED) is 0.432. The Kier molecular flexibility index (Phi) is 4.54. The first-order valence-electron chi connectivity index (χ1n) is 5.79. The van der Waals surface area contributed by atoms with Gasteiger partial charge in [0, 0.05) is 0 Å². The maximum Gasteiger partial charge on any atom is 0.310 e. The normalized spacial score (nSPS) is 12.4. The van der Waals surface area contributed by atoms with Crippen LogP contribution in [0.5, 0.6) is 5.75 Å². The first-order valence-corrected chi connectivity index (χ1v) is 9.45. The molecule has 0 unspecified atom stereocenters. The van der Waals surface area contributed by atoms with Crippen LogP contribution < -0.4 is 4.43 Å². The van der Waals surface area contributed by atoms with Crippen molar-refractivity contribution in [3.05, 3.63) is 32.3 Å². The summed E-state index contributed by atoms with van der Waals surface area (Å²) >= 11 is 11.8. The molecule has 0 amide bonds. The topological polar surface area (TPSA) is 52.4 Å². The molecule has 0 aromatic heterocycles. The molecule has 106 valence electrons. The first kappa shape index (κ1) is 16.3. The van der Waals surface area contributed by atoms with Crippen LogP contribution in [0.2, 0.25) is 28.2 Å².